The number of rotatable bonds is 6. The van der Waals surface area contributed by atoms with Crippen molar-refractivity contribution < 1.29 is 18.8 Å². The Bertz CT molecular complexity index is 1100. The van der Waals surface area contributed by atoms with E-state index in [1.54, 1.807) is 6.07 Å². The number of hydrogen-bond donors (Lipinski definition) is 1. The number of ether oxygens (including phenoxy) is 2. The zero-order chi connectivity index (χ0) is 19.3. The molecule has 140 valence electrons. The van der Waals surface area contributed by atoms with Gasteiger partial charge < -0.3 is 19.7 Å². The monoisotopic (exact) mass is 374 g/mol. The molecule has 6 nitrogen and oxygen atoms in total. The van der Waals surface area contributed by atoms with Crippen LogP contribution in [0.5, 0.6) is 5.75 Å². The predicted octanol–water partition coefficient (Wildman–Crippen LogP) is 4.67. The lowest BCUT2D eigenvalue weighted by molar-refractivity contribution is 0.137. The average molecular weight is 374 g/mol. The van der Waals surface area contributed by atoms with Crippen molar-refractivity contribution in [1.29, 1.82) is 0 Å². The first-order valence-corrected chi connectivity index (χ1v) is 8.76. The fourth-order valence-corrected chi connectivity index (χ4v) is 2.88. The highest BCUT2D eigenvalue weighted by molar-refractivity contribution is 5.82. The van der Waals surface area contributed by atoms with E-state index < -0.39 is 6.09 Å². The Labute approximate surface area is 161 Å². The largest absolute Gasteiger partial charge is 0.489 e. The summed E-state index contributed by atoms with van der Waals surface area (Å²) in [4.78, 5) is 10.6. The quantitative estimate of drug-likeness (QED) is 0.530. The van der Waals surface area contributed by atoms with E-state index in [9.17, 15) is 4.79 Å². The van der Waals surface area contributed by atoms with E-state index in [0.717, 1.165) is 16.9 Å². The molecule has 0 saturated heterocycles. The summed E-state index contributed by atoms with van der Waals surface area (Å²) in [6, 6.07) is 23.8. The smallest absolute Gasteiger partial charge is 0.404 e. The molecule has 28 heavy (non-hydrogen) atoms. The van der Waals surface area contributed by atoms with Crippen molar-refractivity contribution >= 4 is 16.9 Å². The first-order chi connectivity index (χ1) is 13.7. The Morgan fingerprint density at radius 1 is 0.929 bits per heavy atom. The number of fused-ring (bicyclic) bond motifs is 1. The maximum absolute atomic E-state index is 10.6. The molecule has 4 rings (SSSR count). The summed E-state index contributed by atoms with van der Waals surface area (Å²) in [5.41, 5.74) is 7.56. The van der Waals surface area contributed by atoms with Crippen LogP contribution < -0.4 is 10.5 Å². The lowest BCUT2D eigenvalue weighted by Crippen LogP contribution is -2.12. The number of aromatic nitrogens is 1. The fourth-order valence-electron chi connectivity index (χ4n) is 2.88. The normalized spacial score (nSPS) is 10.7. The maximum Gasteiger partial charge on any atom is 0.404 e. The number of hydrogen-bond acceptors (Lipinski definition) is 5. The molecule has 0 saturated carbocycles. The number of carbonyl (C=O) groups excluding carboxylic acids is 1. The number of amides is 1. The van der Waals surface area contributed by atoms with E-state index in [1.807, 2.05) is 36.4 Å². The molecule has 0 spiro atoms. The molecule has 1 amide bonds. The molecule has 0 bridgehead atoms. The molecule has 4 aromatic rings. The highest BCUT2D eigenvalue weighted by atomic mass is 16.6. The molecule has 1 aromatic heterocycles. The van der Waals surface area contributed by atoms with Crippen LogP contribution in [0.1, 0.15) is 11.3 Å². The van der Waals surface area contributed by atoms with E-state index in [2.05, 4.69) is 40.2 Å². The summed E-state index contributed by atoms with van der Waals surface area (Å²) in [7, 11) is 0. The Hall–Kier alpha value is -3.80. The van der Waals surface area contributed by atoms with Crippen molar-refractivity contribution in [2.24, 2.45) is 5.73 Å². The summed E-state index contributed by atoms with van der Waals surface area (Å²) in [6.45, 7) is 0.442. The van der Waals surface area contributed by atoms with Crippen molar-refractivity contribution in [2.45, 2.75) is 13.2 Å². The minimum atomic E-state index is -0.856. The molecule has 0 radical (unpaired) electrons. The molecular formula is C22H18N2O4. The first kappa shape index (κ1) is 17.6. The van der Waals surface area contributed by atoms with Crippen LogP contribution in [0, 0.1) is 0 Å². The van der Waals surface area contributed by atoms with Gasteiger partial charge in [0.2, 0.25) is 0 Å². The third-order valence-corrected chi connectivity index (χ3v) is 4.29. The molecule has 0 aliphatic rings. The molecule has 0 atom stereocenters. The summed E-state index contributed by atoms with van der Waals surface area (Å²) in [5.74, 6) is 1.18. The summed E-state index contributed by atoms with van der Waals surface area (Å²) >= 11 is 0. The second-order valence-electron chi connectivity index (χ2n) is 6.28. The van der Waals surface area contributed by atoms with Crippen LogP contribution in [0.2, 0.25) is 0 Å². The average Bonchev–Trinajstić information content (AvgIpc) is 3.20. The Morgan fingerprint density at radius 2 is 1.71 bits per heavy atom. The van der Waals surface area contributed by atoms with Crippen molar-refractivity contribution in [3.63, 3.8) is 0 Å². The van der Waals surface area contributed by atoms with Gasteiger partial charge in [-0.25, -0.2) is 4.79 Å². The SMILES string of the molecule is NC(=O)OCc1cc(-c2ccc(OCc3ccc4ccccc4c3)cc2)no1. The van der Waals surface area contributed by atoms with Gasteiger partial charge in [0, 0.05) is 11.6 Å². The zero-order valence-electron chi connectivity index (χ0n) is 15.0. The van der Waals surface area contributed by atoms with Gasteiger partial charge in [-0.3, -0.25) is 0 Å². The van der Waals surface area contributed by atoms with Gasteiger partial charge in [0.15, 0.2) is 12.4 Å². The van der Waals surface area contributed by atoms with Crippen molar-refractivity contribution in [2.75, 3.05) is 0 Å². The maximum atomic E-state index is 10.6. The molecule has 0 aliphatic heterocycles. The van der Waals surface area contributed by atoms with Gasteiger partial charge in [-0.05, 0) is 46.7 Å². The summed E-state index contributed by atoms with van der Waals surface area (Å²) < 4.78 is 15.7. The van der Waals surface area contributed by atoms with Gasteiger partial charge in [0.25, 0.3) is 0 Å². The van der Waals surface area contributed by atoms with Crippen LogP contribution >= 0.6 is 0 Å². The van der Waals surface area contributed by atoms with Gasteiger partial charge in [-0.1, -0.05) is 41.6 Å². The highest BCUT2D eigenvalue weighted by Gasteiger charge is 2.08. The predicted molar refractivity (Wildman–Crippen MR) is 105 cm³/mol. The standard InChI is InChI=1S/C22H18N2O4/c23-22(25)27-14-20-12-21(24-28-20)17-7-9-19(10-8-17)26-13-15-5-6-16-3-1-2-4-18(16)11-15/h1-12H,13-14H2,(H2,23,25). The van der Waals surface area contributed by atoms with Gasteiger partial charge in [-0.2, -0.15) is 0 Å². The Morgan fingerprint density at radius 3 is 2.50 bits per heavy atom. The molecule has 3 aromatic carbocycles. The lowest BCUT2D eigenvalue weighted by atomic mass is 10.1. The number of nitrogens with two attached hydrogens (primary N) is 1. The fraction of sp³-hybridized carbons (Fsp3) is 0.0909. The minimum Gasteiger partial charge on any atom is -0.489 e. The van der Waals surface area contributed by atoms with Crippen LogP contribution in [-0.4, -0.2) is 11.2 Å². The van der Waals surface area contributed by atoms with Crippen LogP contribution in [0.3, 0.4) is 0 Å². The van der Waals surface area contributed by atoms with Crippen molar-refractivity contribution in [3.05, 3.63) is 84.1 Å². The number of primary amides is 1. The molecule has 6 heteroatoms. The van der Waals surface area contributed by atoms with E-state index >= 15 is 0 Å². The van der Waals surface area contributed by atoms with Crippen LogP contribution in [-0.2, 0) is 18.0 Å². The van der Waals surface area contributed by atoms with Crippen LogP contribution in [0.15, 0.2) is 77.3 Å². The molecule has 0 unspecified atom stereocenters. The van der Waals surface area contributed by atoms with Gasteiger partial charge in [0.05, 0.1) is 0 Å². The Balaban J connectivity index is 1.39. The molecule has 2 N–H and O–H groups in total. The van der Waals surface area contributed by atoms with E-state index in [4.69, 9.17) is 15.0 Å². The molecular weight excluding hydrogens is 356 g/mol. The highest BCUT2D eigenvalue weighted by Crippen LogP contribution is 2.23. The summed E-state index contributed by atoms with van der Waals surface area (Å²) in [6.07, 6.45) is -0.856. The second kappa shape index (κ2) is 7.84. The number of nitrogens with zero attached hydrogens (tertiary/aromatic N) is 1. The van der Waals surface area contributed by atoms with E-state index in [-0.39, 0.29) is 6.61 Å². The lowest BCUT2D eigenvalue weighted by Gasteiger charge is -2.08. The third-order valence-electron chi connectivity index (χ3n) is 4.29. The van der Waals surface area contributed by atoms with Crippen LogP contribution in [0.4, 0.5) is 4.79 Å². The van der Waals surface area contributed by atoms with Crippen molar-refractivity contribution in [3.8, 4) is 17.0 Å². The van der Waals surface area contributed by atoms with E-state index in [1.165, 1.54) is 10.8 Å². The zero-order valence-corrected chi connectivity index (χ0v) is 15.0. The first-order valence-electron chi connectivity index (χ1n) is 8.76. The number of benzene rings is 3. The van der Waals surface area contributed by atoms with Crippen LogP contribution in [0.25, 0.3) is 22.0 Å². The number of carbonyl (C=O) groups is 1. The Kier molecular flexibility index (Phi) is 4.93. The minimum absolute atomic E-state index is 0.0463. The van der Waals surface area contributed by atoms with Crippen molar-refractivity contribution in [1.82, 2.24) is 5.16 Å². The molecule has 1 heterocycles. The van der Waals surface area contributed by atoms with E-state index in [0.29, 0.717) is 18.1 Å². The molecule has 0 aliphatic carbocycles. The second-order valence-corrected chi connectivity index (χ2v) is 6.28. The van der Waals surface area contributed by atoms with Gasteiger partial charge in [-0.15, -0.1) is 0 Å². The van der Waals surface area contributed by atoms with Gasteiger partial charge in [0.1, 0.15) is 18.1 Å². The molecule has 0 fully saturated rings. The summed E-state index contributed by atoms with van der Waals surface area (Å²) in [5, 5.41) is 6.38. The third kappa shape index (κ3) is 4.12. The topological polar surface area (TPSA) is 87.6 Å². The van der Waals surface area contributed by atoms with Gasteiger partial charge >= 0.3 is 6.09 Å².